The fourth-order valence-corrected chi connectivity index (χ4v) is 6.74. The van der Waals surface area contributed by atoms with Crippen LogP contribution in [0.2, 0.25) is 0 Å². The highest BCUT2D eigenvalue weighted by atomic mass is 19.2. The molecule has 0 spiro atoms. The van der Waals surface area contributed by atoms with Gasteiger partial charge in [-0.15, -0.1) is 0 Å². The Morgan fingerprint density at radius 1 is 0.314 bits per heavy atom. The van der Waals surface area contributed by atoms with Crippen LogP contribution in [0.4, 0.5) is 52.2 Å². The molecule has 0 bridgehead atoms. The molecule has 0 fully saturated rings. The van der Waals surface area contributed by atoms with Crippen LogP contribution in [-0.4, -0.2) is 0 Å². The Morgan fingerprint density at radius 3 is 1.27 bits per heavy atom. The fraction of sp³-hybridized carbons (Fsp3) is 0. The quantitative estimate of drug-likeness (QED) is 0.0987. The number of anilines is 3. The molecule has 8 aromatic carbocycles. The van der Waals surface area contributed by atoms with Crippen molar-refractivity contribution >= 4 is 49.4 Å². The summed E-state index contributed by atoms with van der Waals surface area (Å²) in [5.74, 6) is -17.1. The summed E-state index contributed by atoms with van der Waals surface area (Å²) < 4.78 is 129. The lowest BCUT2D eigenvalue weighted by atomic mass is 9.93. The minimum Gasteiger partial charge on any atom is -0.304 e. The first-order valence-electron chi connectivity index (χ1n) is 15.6. The summed E-state index contributed by atoms with van der Waals surface area (Å²) in [7, 11) is 0. The van der Waals surface area contributed by atoms with E-state index in [1.165, 1.54) is 30.3 Å². The first kappa shape index (κ1) is 32.0. The van der Waals surface area contributed by atoms with Crippen molar-refractivity contribution in [3.63, 3.8) is 0 Å². The van der Waals surface area contributed by atoms with Crippen LogP contribution in [0.15, 0.2) is 127 Å². The maximum atomic E-state index is 16.5. The van der Waals surface area contributed by atoms with Gasteiger partial charge in [-0.1, -0.05) is 109 Å². The van der Waals surface area contributed by atoms with Gasteiger partial charge in [0.15, 0.2) is 46.5 Å². The number of fused-ring (bicyclic) bond motifs is 3. The molecule has 0 amide bonds. The molecular formula is C42H21F8N. The summed E-state index contributed by atoms with van der Waals surface area (Å²) >= 11 is 0. The molecule has 0 aromatic heterocycles. The molecule has 0 saturated heterocycles. The molecular weight excluding hydrogens is 670 g/mol. The summed E-state index contributed by atoms with van der Waals surface area (Å²) in [4.78, 5) is 0.975. The van der Waals surface area contributed by atoms with Gasteiger partial charge < -0.3 is 4.90 Å². The van der Waals surface area contributed by atoms with Crippen molar-refractivity contribution in [3.05, 3.63) is 174 Å². The van der Waals surface area contributed by atoms with Gasteiger partial charge in [0.2, 0.25) is 0 Å². The second-order valence-electron chi connectivity index (χ2n) is 11.9. The number of halogens is 8. The minimum atomic E-state index is -2.26. The lowest BCUT2D eigenvalue weighted by molar-refractivity contribution is 0.445. The SMILES string of the molecule is Fc1c(F)c(-c2cccc3ccccc23)c(F)c(F)c1-c1c(F)c(F)c(N(c2ccccc2)c2c3ccccc3cc3ccccc23)c(F)c1F. The number of rotatable bonds is 5. The number of nitrogens with zero attached hydrogens (tertiary/aromatic N) is 1. The molecule has 51 heavy (non-hydrogen) atoms. The van der Waals surface area contributed by atoms with Crippen molar-refractivity contribution in [2.45, 2.75) is 0 Å². The fourth-order valence-electron chi connectivity index (χ4n) is 6.74. The van der Waals surface area contributed by atoms with E-state index in [-0.39, 0.29) is 22.3 Å². The Balaban J connectivity index is 1.41. The highest BCUT2D eigenvalue weighted by Crippen LogP contribution is 2.49. The van der Waals surface area contributed by atoms with E-state index in [9.17, 15) is 0 Å². The molecule has 8 aromatic rings. The second kappa shape index (κ2) is 12.3. The van der Waals surface area contributed by atoms with E-state index in [0.29, 0.717) is 26.9 Å². The average molecular weight is 692 g/mol. The van der Waals surface area contributed by atoms with Gasteiger partial charge in [0.05, 0.1) is 22.4 Å². The second-order valence-corrected chi connectivity index (χ2v) is 11.9. The van der Waals surface area contributed by atoms with Gasteiger partial charge in [0, 0.05) is 16.5 Å². The highest BCUT2D eigenvalue weighted by Gasteiger charge is 2.37. The molecule has 0 N–H and O–H groups in total. The van der Waals surface area contributed by atoms with Crippen LogP contribution in [0.5, 0.6) is 0 Å². The van der Waals surface area contributed by atoms with E-state index in [1.54, 1.807) is 91.0 Å². The standard InChI is InChI=1S/C42H21F8N/c43-33-30(29-20-10-14-22-11-4-7-17-26(22)29)34(44)36(46)31(35(33)45)32-37(47)39(49)42(40(50)38(32)48)51(25-15-2-1-3-16-25)41-27-18-8-5-12-23(27)21-24-13-6-9-19-28(24)41/h1-21H. The summed E-state index contributed by atoms with van der Waals surface area (Å²) in [5.41, 5.74) is -6.30. The molecule has 8 rings (SSSR count). The molecule has 0 heterocycles. The van der Waals surface area contributed by atoms with Crippen LogP contribution in [-0.2, 0) is 0 Å². The van der Waals surface area contributed by atoms with Crippen LogP contribution in [0, 0.1) is 46.5 Å². The molecule has 0 saturated carbocycles. The molecule has 0 unspecified atom stereocenters. The summed E-state index contributed by atoms with van der Waals surface area (Å²) in [6, 6.07) is 33.6. The van der Waals surface area contributed by atoms with Gasteiger partial charge >= 0.3 is 0 Å². The minimum absolute atomic E-state index is 0.0808. The Hall–Kier alpha value is -6.22. The molecule has 1 nitrogen and oxygen atoms in total. The van der Waals surface area contributed by atoms with E-state index in [0.717, 1.165) is 4.90 Å². The van der Waals surface area contributed by atoms with Crippen LogP contribution >= 0.6 is 0 Å². The predicted molar refractivity (Wildman–Crippen MR) is 184 cm³/mol. The first-order valence-corrected chi connectivity index (χ1v) is 15.6. The molecule has 0 radical (unpaired) electrons. The van der Waals surface area contributed by atoms with Gasteiger partial charge in [-0.2, -0.15) is 0 Å². The average Bonchev–Trinajstić information content (AvgIpc) is 3.16. The predicted octanol–water partition coefficient (Wildman–Crippen LogP) is 13.1. The van der Waals surface area contributed by atoms with Crippen molar-refractivity contribution in [3.8, 4) is 22.3 Å². The Kier molecular flexibility index (Phi) is 7.71. The van der Waals surface area contributed by atoms with Gasteiger partial charge in [0.25, 0.3) is 0 Å². The van der Waals surface area contributed by atoms with Gasteiger partial charge in [-0.3, -0.25) is 0 Å². The highest BCUT2D eigenvalue weighted by molar-refractivity contribution is 6.14. The summed E-state index contributed by atoms with van der Waals surface area (Å²) in [5, 5.41) is 2.88. The molecule has 0 atom stereocenters. The van der Waals surface area contributed by atoms with Gasteiger partial charge in [-0.05, 0) is 45.3 Å². The Bertz CT molecular complexity index is 2570. The van der Waals surface area contributed by atoms with Crippen LogP contribution in [0.25, 0.3) is 54.6 Å². The zero-order chi connectivity index (χ0) is 35.6. The van der Waals surface area contributed by atoms with Crippen molar-refractivity contribution in [1.82, 2.24) is 0 Å². The molecule has 0 aliphatic carbocycles. The first-order chi connectivity index (χ1) is 24.7. The monoisotopic (exact) mass is 691 g/mol. The van der Waals surface area contributed by atoms with Crippen LogP contribution in [0.1, 0.15) is 0 Å². The van der Waals surface area contributed by atoms with Gasteiger partial charge in [0.1, 0.15) is 5.69 Å². The van der Waals surface area contributed by atoms with Crippen LogP contribution < -0.4 is 4.90 Å². The topological polar surface area (TPSA) is 3.24 Å². The third kappa shape index (κ3) is 4.91. The molecule has 250 valence electrons. The number of benzene rings is 8. The normalized spacial score (nSPS) is 11.5. The van der Waals surface area contributed by atoms with Crippen molar-refractivity contribution in [2.75, 3.05) is 4.90 Å². The lowest BCUT2D eigenvalue weighted by Crippen LogP contribution is -2.18. The smallest absolute Gasteiger partial charge is 0.186 e. The summed E-state index contributed by atoms with van der Waals surface area (Å²) in [6.07, 6.45) is 0. The molecule has 0 aliphatic rings. The number of hydrogen-bond donors (Lipinski definition) is 0. The summed E-state index contributed by atoms with van der Waals surface area (Å²) in [6.45, 7) is 0. The van der Waals surface area contributed by atoms with Crippen molar-refractivity contribution < 1.29 is 35.1 Å². The van der Waals surface area contributed by atoms with E-state index >= 15 is 35.1 Å². The zero-order valence-corrected chi connectivity index (χ0v) is 26.1. The Labute approximate surface area is 285 Å². The molecule has 0 aliphatic heterocycles. The third-order valence-electron chi connectivity index (χ3n) is 9.02. The van der Waals surface area contributed by atoms with E-state index in [2.05, 4.69) is 0 Å². The third-order valence-corrected chi connectivity index (χ3v) is 9.02. The van der Waals surface area contributed by atoms with Gasteiger partial charge in [-0.25, -0.2) is 35.1 Å². The lowest BCUT2D eigenvalue weighted by Gasteiger charge is -2.29. The zero-order valence-electron chi connectivity index (χ0n) is 26.1. The maximum Gasteiger partial charge on any atom is 0.186 e. The van der Waals surface area contributed by atoms with E-state index < -0.39 is 68.9 Å². The largest absolute Gasteiger partial charge is 0.304 e. The van der Waals surface area contributed by atoms with E-state index in [1.807, 2.05) is 6.07 Å². The number of hydrogen-bond acceptors (Lipinski definition) is 1. The number of para-hydroxylation sites is 1. The van der Waals surface area contributed by atoms with Crippen molar-refractivity contribution in [1.29, 1.82) is 0 Å². The maximum absolute atomic E-state index is 16.5. The Morgan fingerprint density at radius 2 is 0.725 bits per heavy atom. The van der Waals surface area contributed by atoms with Crippen LogP contribution in [0.3, 0.4) is 0 Å². The van der Waals surface area contributed by atoms with Crippen molar-refractivity contribution in [2.24, 2.45) is 0 Å². The molecule has 9 heteroatoms. The van der Waals surface area contributed by atoms with E-state index in [4.69, 9.17) is 0 Å².